The predicted octanol–water partition coefficient (Wildman–Crippen LogP) is 2.94. The van der Waals surface area contributed by atoms with Crippen molar-refractivity contribution in [3.8, 4) is 0 Å². The van der Waals surface area contributed by atoms with Gasteiger partial charge >= 0.3 is 0 Å². The van der Waals surface area contributed by atoms with Crippen LogP contribution in [0.3, 0.4) is 0 Å². The summed E-state index contributed by atoms with van der Waals surface area (Å²) in [5.41, 5.74) is 5.28. The fraction of sp³-hybridized carbons (Fsp3) is 0.300. The molecule has 1 atom stereocenters. The van der Waals surface area contributed by atoms with Gasteiger partial charge in [0.1, 0.15) is 11.1 Å². The monoisotopic (exact) mass is 344 g/mol. The minimum Gasteiger partial charge on any atom is -0.392 e. The van der Waals surface area contributed by atoms with Crippen LogP contribution < -0.4 is 10.5 Å². The molecule has 0 heterocycles. The first-order valence-corrected chi connectivity index (χ1v) is 7.85. The fourth-order valence-corrected chi connectivity index (χ4v) is 4.03. The maximum Gasteiger partial charge on any atom is 0.242 e. The van der Waals surface area contributed by atoms with Crippen LogP contribution in [0.4, 0.5) is 10.1 Å². The summed E-state index contributed by atoms with van der Waals surface area (Å²) >= 11 is 16.2. The summed E-state index contributed by atoms with van der Waals surface area (Å²) < 4.78 is 39.3. The molecule has 1 rings (SSSR count). The zero-order valence-electron chi connectivity index (χ0n) is 9.78. The van der Waals surface area contributed by atoms with Crippen molar-refractivity contribution in [2.75, 3.05) is 4.72 Å². The molecule has 0 saturated carbocycles. The highest BCUT2D eigenvalue weighted by Crippen LogP contribution is 2.32. The minimum atomic E-state index is -3.89. The number of benzene rings is 1. The Bertz CT molecular complexity index is 585. The molecule has 0 aliphatic heterocycles. The van der Waals surface area contributed by atoms with Crippen molar-refractivity contribution in [1.29, 1.82) is 0 Å². The number of nitrogens with two attached hydrogens (primary N) is 1. The van der Waals surface area contributed by atoms with Crippen molar-refractivity contribution in [2.45, 2.75) is 18.6 Å². The van der Waals surface area contributed by atoms with Crippen LogP contribution in [0.15, 0.2) is 12.1 Å². The Kier molecular flexibility index (Phi) is 5.37. The molecule has 9 heteroatoms. The van der Waals surface area contributed by atoms with E-state index in [9.17, 15) is 12.8 Å². The fourth-order valence-electron chi connectivity index (χ4n) is 1.43. The van der Waals surface area contributed by atoms with E-state index in [4.69, 9.17) is 41.2 Å². The van der Waals surface area contributed by atoms with E-state index in [1.165, 1.54) is 0 Å². The summed E-state index contributed by atoms with van der Waals surface area (Å²) in [5.74, 6) is -0.667. The lowest BCUT2D eigenvalue weighted by molar-refractivity contribution is 0.594. The molecule has 3 N–H and O–H groups in total. The topological polar surface area (TPSA) is 72.2 Å². The van der Waals surface area contributed by atoms with Crippen molar-refractivity contribution in [3.63, 3.8) is 0 Å². The van der Waals surface area contributed by atoms with Gasteiger partial charge < -0.3 is 5.73 Å². The van der Waals surface area contributed by atoms with Gasteiger partial charge in [0.15, 0.2) is 0 Å². The second-order valence-electron chi connectivity index (χ2n) is 3.69. The summed E-state index contributed by atoms with van der Waals surface area (Å²) in [5, 5.41) is -1.35. The third-order valence-corrected chi connectivity index (χ3v) is 5.17. The van der Waals surface area contributed by atoms with Gasteiger partial charge in [-0.1, -0.05) is 42.3 Å². The highest BCUT2D eigenvalue weighted by atomic mass is 35.5. The summed E-state index contributed by atoms with van der Waals surface area (Å²) in [4.78, 5) is -0.163. The van der Waals surface area contributed by atoms with E-state index >= 15 is 0 Å². The zero-order chi connectivity index (χ0) is 14.8. The number of nitrogens with one attached hydrogen (secondary N) is 1. The molecular formula is C10H11Cl2FN2O2S2. The SMILES string of the molecule is CCC(C(N)=S)S(=O)(=O)Nc1c(Cl)cc(F)cc1Cl. The van der Waals surface area contributed by atoms with Crippen molar-refractivity contribution in [3.05, 3.63) is 28.0 Å². The van der Waals surface area contributed by atoms with E-state index in [-0.39, 0.29) is 27.1 Å². The van der Waals surface area contributed by atoms with Crippen LogP contribution in [-0.2, 0) is 10.0 Å². The van der Waals surface area contributed by atoms with Gasteiger partial charge in [-0.05, 0) is 18.6 Å². The molecule has 106 valence electrons. The molecule has 0 aromatic heterocycles. The number of anilines is 1. The molecule has 1 unspecified atom stereocenters. The standard InChI is InChI=1S/C10H11Cl2FN2O2S2/c1-2-8(10(14)18)19(16,17)15-9-6(11)3-5(13)4-7(9)12/h3-4,8,15H,2H2,1H3,(H2,14,18). The first kappa shape index (κ1) is 16.4. The normalized spacial score (nSPS) is 13.1. The molecule has 0 amide bonds. The zero-order valence-corrected chi connectivity index (χ0v) is 12.9. The molecule has 0 bridgehead atoms. The Balaban J connectivity index is 3.19. The number of hydrogen-bond donors (Lipinski definition) is 2. The average Bonchev–Trinajstić information content (AvgIpc) is 2.23. The molecule has 0 spiro atoms. The summed E-state index contributed by atoms with van der Waals surface area (Å²) in [7, 11) is -3.89. The molecule has 0 fully saturated rings. The lowest BCUT2D eigenvalue weighted by Crippen LogP contribution is -2.37. The Morgan fingerprint density at radius 2 is 1.95 bits per heavy atom. The van der Waals surface area contributed by atoms with Crippen LogP contribution in [0.25, 0.3) is 0 Å². The maximum absolute atomic E-state index is 13.0. The van der Waals surface area contributed by atoms with E-state index in [0.717, 1.165) is 12.1 Å². The van der Waals surface area contributed by atoms with Crippen molar-refractivity contribution >= 4 is 56.1 Å². The van der Waals surface area contributed by atoms with Crippen LogP contribution in [-0.4, -0.2) is 18.7 Å². The van der Waals surface area contributed by atoms with Gasteiger partial charge in [0.2, 0.25) is 10.0 Å². The molecule has 1 aromatic rings. The lowest BCUT2D eigenvalue weighted by Gasteiger charge is -2.17. The Morgan fingerprint density at radius 3 is 2.32 bits per heavy atom. The van der Waals surface area contributed by atoms with Crippen LogP contribution >= 0.6 is 35.4 Å². The maximum atomic E-state index is 13.0. The van der Waals surface area contributed by atoms with Crippen molar-refractivity contribution in [1.82, 2.24) is 0 Å². The van der Waals surface area contributed by atoms with Crippen LogP contribution in [0.1, 0.15) is 13.3 Å². The van der Waals surface area contributed by atoms with Gasteiger partial charge in [-0.3, -0.25) is 4.72 Å². The number of rotatable bonds is 5. The van der Waals surface area contributed by atoms with Gasteiger partial charge in [-0.15, -0.1) is 0 Å². The number of halogens is 3. The highest BCUT2D eigenvalue weighted by molar-refractivity contribution is 7.95. The summed E-state index contributed by atoms with van der Waals surface area (Å²) in [6.07, 6.45) is 0.196. The molecule has 0 aliphatic carbocycles. The summed E-state index contributed by atoms with van der Waals surface area (Å²) in [6, 6.07) is 1.90. The van der Waals surface area contributed by atoms with Gasteiger partial charge in [-0.25, -0.2) is 12.8 Å². The first-order chi connectivity index (χ1) is 8.69. The Labute approximate surface area is 126 Å². The van der Waals surface area contributed by atoms with E-state index < -0.39 is 21.1 Å². The highest BCUT2D eigenvalue weighted by Gasteiger charge is 2.28. The molecule has 0 radical (unpaired) electrons. The number of sulfonamides is 1. The second-order valence-corrected chi connectivity index (χ2v) is 6.84. The Hall–Kier alpha value is -0.630. The van der Waals surface area contributed by atoms with Crippen LogP contribution in [0.2, 0.25) is 10.0 Å². The van der Waals surface area contributed by atoms with Crippen molar-refractivity contribution < 1.29 is 12.8 Å². The number of thiocarbonyl (C=S) groups is 1. The molecule has 0 aliphatic rings. The number of hydrogen-bond acceptors (Lipinski definition) is 3. The van der Waals surface area contributed by atoms with Gasteiger partial charge in [0.25, 0.3) is 0 Å². The van der Waals surface area contributed by atoms with E-state index in [1.807, 2.05) is 0 Å². The Morgan fingerprint density at radius 1 is 1.47 bits per heavy atom. The summed E-state index contributed by atoms with van der Waals surface area (Å²) in [6.45, 7) is 1.62. The van der Waals surface area contributed by atoms with Gasteiger partial charge in [-0.2, -0.15) is 0 Å². The van der Waals surface area contributed by atoms with E-state index in [2.05, 4.69) is 4.72 Å². The third-order valence-electron chi connectivity index (χ3n) is 2.31. The second kappa shape index (κ2) is 6.21. The largest absolute Gasteiger partial charge is 0.392 e. The predicted molar refractivity (Wildman–Crippen MR) is 79.8 cm³/mol. The van der Waals surface area contributed by atoms with Gasteiger partial charge in [0.05, 0.1) is 20.7 Å². The molecule has 19 heavy (non-hydrogen) atoms. The van der Waals surface area contributed by atoms with Crippen LogP contribution in [0, 0.1) is 5.82 Å². The third kappa shape index (κ3) is 3.92. The molecule has 4 nitrogen and oxygen atoms in total. The van der Waals surface area contributed by atoms with Gasteiger partial charge in [0, 0.05) is 0 Å². The average molecular weight is 345 g/mol. The molecule has 1 aromatic carbocycles. The van der Waals surface area contributed by atoms with E-state index in [0.29, 0.717) is 0 Å². The quantitative estimate of drug-likeness (QED) is 0.805. The lowest BCUT2D eigenvalue weighted by atomic mass is 10.3. The van der Waals surface area contributed by atoms with E-state index in [1.54, 1.807) is 6.92 Å². The minimum absolute atomic E-state index is 0.0977. The molecular weight excluding hydrogens is 334 g/mol. The van der Waals surface area contributed by atoms with Crippen LogP contribution in [0.5, 0.6) is 0 Å². The van der Waals surface area contributed by atoms with Crippen molar-refractivity contribution in [2.24, 2.45) is 5.73 Å². The first-order valence-electron chi connectivity index (χ1n) is 5.14. The molecule has 0 saturated heterocycles. The smallest absolute Gasteiger partial charge is 0.242 e.